The Morgan fingerprint density at radius 3 is 2.44 bits per heavy atom. The second-order valence-electron chi connectivity index (χ2n) is 8.50. The molecule has 0 radical (unpaired) electrons. The number of urea groups is 1. The number of anilines is 3. The third-order valence-electron chi connectivity index (χ3n) is 5.66. The Labute approximate surface area is 207 Å². The second kappa shape index (κ2) is 9.94. The molecule has 8 nitrogen and oxygen atoms in total. The van der Waals surface area contributed by atoms with Crippen molar-refractivity contribution >= 4 is 39.0 Å². The molecular weight excluding hydrogens is 490 g/mol. The van der Waals surface area contributed by atoms with Crippen molar-refractivity contribution in [3.05, 3.63) is 77.9 Å². The topological polar surface area (TPSA) is 108 Å². The Kier molecular flexibility index (Phi) is 6.93. The van der Waals surface area contributed by atoms with Crippen LogP contribution in [-0.2, 0) is 14.8 Å². The quantitative estimate of drug-likeness (QED) is 0.457. The Balaban J connectivity index is 1.48. The van der Waals surface area contributed by atoms with E-state index in [2.05, 4.69) is 15.4 Å². The van der Waals surface area contributed by atoms with E-state index in [1.807, 2.05) is 0 Å². The van der Waals surface area contributed by atoms with Crippen LogP contribution in [0.2, 0.25) is 0 Å². The van der Waals surface area contributed by atoms with Crippen LogP contribution in [0.5, 0.6) is 0 Å². The van der Waals surface area contributed by atoms with Gasteiger partial charge in [-0.25, -0.2) is 22.0 Å². The highest BCUT2D eigenvalue weighted by Gasteiger charge is 2.35. The van der Waals surface area contributed by atoms with Gasteiger partial charge in [-0.1, -0.05) is 30.3 Å². The van der Waals surface area contributed by atoms with E-state index in [0.29, 0.717) is 22.4 Å². The number of nitrogens with zero attached hydrogens (tertiary/aromatic N) is 1. The van der Waals surface area contributed by atoms with Crippen LogP contribution in [-0.4, -0.2) is 39.2 Å². The molecule has 3 amide bonds. The predicted molar refractivity (Wildman–Crippen MR) is 134 cm³/mol. The second-order valence-corrected chi connectivity index (χ2v) is 10.2. The largest absolute Gasteiger partial charge is 0.326 e. The van der Waals surface area contributed by atoms with Crippen LogP contribution in [0.4, 0.5) is 30.6 Å². The van der Waals surface area contributed by atoms with Gasteiger partial charge in [0.25, 0.3) is 0 Å². The third kappa shape index (κ3) is 5.62. The Hall–Kier alpha value is -3.99. The number of carbonyl (C=O) groups is 2. The van der Waals surface area contributed by atoms with Crippen molar-refractivity contribution in [1.82, 2.24) is 5.32 Å². The molecule has 3 aromatic rings. The number of aryl methyl sites for hydroxylation is 1. The molecule has 0 unspecified atom stereocenters. The molecular formula is C25H24F2N4O4S. The van der Waals surface area contributed by atoms with Crippen LogP contribution in [0, 0.1) is 18.6 Å². The Morgan fingerprint density at radius 1 is 1.00 bits per heavy atom. The SMILES string of the molecule is Cc1ccc(NC(=O)N[C@@H]2CCN(c3ccc(-c4ccccc4NS(C)(=O)=O)cc3F)C2=O)c(F)c1. The van der Waals surface area contributed by atoms with Crippen molar-refractivity contribution in [3.8, 4) is 11.1 Å². The standard InChI is InChI=1S/C25H24F2N4O4S/c1-15-7-9-21(18(26)13-15)28-25(33)29-22-11-12-31(24(22)32)23-10-8-16(14-19(23)27)17-5-3-4-6-20(17)30-36(2,34)35/h3-10,13-14,22,30H,11-12H2,1-2H3,(H2,28,29,33)/t22-/m1/s1. The molecule has 0 spiro atoms. The summed E-state index contributed by atoms with van der Waals surface area (Å²) in [6.07, 6.45) is 1.26. The van der Waals surface area contributed by atoms with Crippen LogP contribution in [0.1, 0.15) is 12.0 Å². The number of amides is 3. The lowest BCUT2D eigenvalue weighted by molar-refractivity contribution is -0.118. The van der Waals surface area contributed by atoms with Gasteiger partial charge in [0.2, 0.25) is 15.9 Å². The normalized spacial score (nSPS) is 15.6. The van der Waals surface area contributed by atoms with Gasteiger partial charge in [0.05, 0.1) is 23.3 Å². The molecule has 3 aromatic carbocycles. The van der Waals surface area contributed by atoms with Crippen molar-refractivity contribution in [2.24, 2.45) is 0 Å². The van der Waals surface area contributed by atoms with Gasteiger partial charge in [0.1, 0.15) is 17.7 Å². The number of rotatable bonds is 6. The molecule has 188 valence electrons. The van der Waals surface area contributed by atoms with Crippen LogP contribution in [0.25, 0.3) is 11.1 Å². The van der Waals surface area contributed by atoms with E-state index in [1.54, 1.807) is 43.3 Å². The molecule has 1 fully saturated rings. The monoisotopic (exact) mass is 514 g/mol. The summed E-state index contributed by atoms with van der Waals surface area (Å²) < 4.78 is 54.9. The molecule has 0 saturated carbocycles. The fraction of sp³-hybridized carbons (Fsp3) is 0.200. The summed E-state index contributed by atoms with van der Waals surface area (Å²) in [7, 11) is -3.54. The van der Waals surface area contributed by atoms with E-state index in [1.165, 1.54) is 29.2 Å². The number of nitrogens with one attached hydrogen (secondary N) is 3. The van der Waals surface area contributed by atoms with Crippen LogP contribution in [0.15, 0.2) is 60.7 Å². The molecule has 11 heteroatoms. The van der Waals surface area contributed by atoms with Gasteiger partial charge in [-0.05, 0) is 54.8 Å². The lowest BCUT2D eigenvalue weighted by atomic mass is 10.0. The number of para-hydroxylation sites is 1. The zero-order valence-electron chi connectivity index (χ0n) is 19.5. The van der Waals surface area contributed by atoms with Gasteiger partial charge in [0, 0.05) is 12.1 Å². The first kappa shape index (κ1) is 25.1. The summed E-state index contributed by atoms with van der Waals surface area (Å²) in [6.45, 7) is 1.89. The molecule has 0 bridgehead atoms. The molecule has 1 aliphatic rings. The first-order chi connectivity index (χ1) is 17.0. The number of carbonyl (C=O) groups excluding carboxylic acids is 2. The van der Waals surface area contributed by atoms with Gasteiger partial charge >= 0.3 is 6.03 Å². The zero-order valence-corrected chi connectivity index (χ0v) is 20.3. The molecule has 1 saturated heterocycles. The van der Waals surface area contributed by atoms with E-state index in [4.69, 9.17) is 0 Å². The van der Waals surface area contributed by atoms with E-state index in [0.717, 1.165) is 6.26 Å². The van der Waals surface area contributed by atoms with E-state index >= 15 is 4.39 Å². The van der Waals surface area contributed by atoms with Crippen molar-refractivity contribution in [2.75, 3.05) is 27.7 Å². The molecule has 0 aromatic heterocycles. The van der Waals surface area contributed by atoms with E-state index < -0.39 is 39.6 Å². The highest BCUT2D eigenvalue weighted by atomic mass is 32.2. The van der Waals surface area contributed by atoms with Crippen LogP contribution < -0.4 is 20.3 Å². The number of halogens is 2. The molecule has 4 rings (SSSR count). The average Bonchev–Trinajstić information content (AvgIpc) is 3.14. The maximum absolute atomic E-state index is 15.1. The molecule has 1 aliphatic heterocycles. The maximum Gasteiger partial charge on any atom is 0.319 e. The van der Waals surface area contributed by atoms with Gasteiger partial charge in [-0.2, -0.15) is 0 Å². The highest BCUT2D eigenvalue weighted by molar-refractivity contribution is 7.92. The first-order valence-corrected chi connectivity index (χ1v) is 12.9. The summed E-state index contributed by atoms with van der Waals surface area (Å²) in [6, 6.07) is 13.5. The van der Waals surface area contributed by atoms with E-state index in [9.17, 15) is 22.4 Å². The number of sulfonamides is 1. The molecule has 1 heterocycles. The Bertz CT molecular complexity index is 1450. The maximum atomic E-state index is 15.1. The lowest BCUT2D eigenvalue weighted by Gasteiger charge is -2.19. The van der Waals surface area contributed by atoms with E-state index in [-0.39, 0.29) is 24.3 Å². The summed E-state index contributed by atoms with van der Waals surface area (Å²) in [5.74, 6) is -1.78. The summed E-state index contributed by atoms with van der Waals surface area (Å²) in [5, 5.41) is 4.89. The molecule has 36 heavy (non-hydrogen) atoms. The highest BCUT2D eigenvalue weighted by Crippen LogP contribution is 2.33. The Morgan fingerprint density at radius 2 is 1.75 bits per heavy atom. The summed E-state index contributed by atoms with van der Waals surface area (Å²) in [4.78, 5) is 26.4. The predicted octanol–water partition coefficient (Wildman–Crippen LogP) is 4.24. The first-order valence-electron chi connectivity index (χ1n) is 11.0. The lowest BCUT2D eigenvalue weighted by Crippen LogP contribution is -2.43. The third-order valence-corrected chi connectivity index (χ3v) is 6.25. The van der Waals surface area contributed by atoms with Gasteiger partial charge < -0.3 is 15.5 Å². The fourth-order valence-corrected chi connectivity index (χ4v) is 4.59. The molecule has 1 atom stereocenters. The number of hydrogen-bond donors (Lipinski definition) is 3. The molecule has 3 N–H and O–H groups in total. The van der Waals surface area contributed by atoms with Gasteiger partial charge in [0.15, 0.2) is 0 Å². The smallest absolute Gasteiger partial charge is 0.319 e. The zero-order chi connectivity index (χ0) is 26.0. The van der Waals surface area contributed by atoms with Gasteiger partial charge in [-0.15, -0.1) is 0 Å². The van der Waals surface area contributed by atoms with Gasteiger partial charge in [-0.3, -0.25) is 9.52 Å². The molecule has 0 aliphatic carbocycles. The van der Waals surface area contributed by atoms with Crippen LogP contribution in [0.3, 0.4) is 0 Å². The average molecular weight is 515 g/mol. The number of hydrogen-bond acceptors (Lipinski definition) is 4. The minimum Gasteiger partial charge on any atom is -0.326 e. The van der Waals surface area contributed by atoms with Crippen molar-refractivity contribution in [1.29, 1.82) is 0 Å². The summed E-state index contributed by atoms with van der Waals surface area (Å²) >= 11 is 0. The van der Waals surface area contributed by atoms with Crippen molar-refractivity contribution in [3.63, 3.8) is 0 Å². The fourth-order valence-electron chi connectivity index (χ4n) is 4.01. The number of benzene rings is 3. The minimum atomic E-state index is -3.54. The summed E-state index contributed by atoms with van der Waals surface area (Å²) in [5.41, 5.74) is 1.90. The van der Waals surface area contributed by atoms with Crippen molar-refractivity contribution < 1.29 is 26.8 Å². The van der Waals surface area contributed by atoms with Crippen LogP contribution >= 0.6 is 0 Å². The van der Waals surface area contributed by atoms with Crippen molar-refractivity contribution in [2.45, 2.75) is 19.4 Å². The minimum absolute atomic E-state index is 0.0207.